The standard InChI is InChI=1S/C74H46N2S/c1-3-20-49(21-4-1)73(50-22-5-2-6-23-50)58-29-11-7-26-55(58)70-61(73)32-18-37-66(70)75(51-43-40-47(41-44-51)48-42-45-69-57(46-48)53-25-10-16-39-68(53)77-69)67-38-19-33-62-71(67)56-27-8-12-30-59(56)74(62)60-31-13-15-36-65(60)76-64-35-14-9-24-52(64)54-28-17-34-63(74)72(54)76/h1-46H. The van der Waals surface area contributed by atoms with Crippen LogP contribution in [0, 0.1) is 0 Å². The Hall–Kier alpha value is -9.54. The predicted octanol–water partition coefficient (Wildman–Crippen LogP) is 19.3. The first-order valence-electron chi connectivity index (χ1n) is 26.7. The van der Waals surface area contributed by atoms with Crippen molar-refractivity contribution in [3.05, 3.63) is 324 Å². The average molecular weight is 995 g/mol. The van der Waals surface area contributed by atoms with E-state index in [1.807, 2.05) is 11.3 Å². The molecule has 0 saturated heterocycles. The van der Waals surface area contributed by atoms with E-state index in [4.69, 9.17) is 0 Å². The number of aromatic nitrogens is 1. The Kier molecular flexibility index (Phi) is 8.88. The third-order valence-corrected chi connectivity index (χ3v) is 18.6. The van der Waals surface area contributed by atoms with E-state index >= 15 is 0 Å². The van der Waals surface area contributed by atoms with Crippen molar-refractivity contribution in [2.24, 2.45) is 0 Å². The van der Waals surface area contributed by atoms with E-state index in [0.717, 1.165) is 17.1 Å². The molecule has 2 aromatic heterocycles. The van der Waals surface area contributed by atoms with Crippen molar-refractivity contribution in [1.29, 1.82) is 0 Å². The van der Waals surface area contributed by atoms with Crippen molar-refractivity contribution in [3.8, 4) is 39.1 Å². The molecule has 2 aliphatic carbocycles. The zero-order chi connectivity index (χ0) is 50.4. The fourth-order valence-electron chi connectivity index (χ4n) is 14.6. The topological polar surface area (TPSA) is 8.17 Å². The largest absolute Gasteiger partial charge is 0.309 e. The average Bonchev–Trinajstić information content (AvgIpc) is 4.15. The molecular formula is C74H46N2S. The maximum Gasteiger partial charge on any atom is 0.0755 e. The van der Waals surface area contributed by atoms with E-state index in [-0.39, 0.29) is 0 Å². The first-order valence-corrected chi connectivity index (χ1v) is 27.6. The van der Waals surface area contributed by atoms with Crippen LogP contribution in [0.5, 0.6) is 0 Å². The van der Waals surface area contributed by atoms with Crippen LogP contribution in [0.4, 0.5) is 17.1 Å². The molecule has 12 aromatic carbocycles. The summed E-state index contributed by atoms with van der Waals surface area (Å²) in [7, 11) is 0. The second kappa shape index (κ2) is 16.0. The molecule has 0 radical (unpaired) electrons. The van der Waals surface area contributed by atoms with Crippen molar-refractivity contribution in [2.75, 3.05) is 4.90 Å². The number of rotatable bonds is 6. The summed E-state index contributed by atoms with van der Waals surface area (Å²) >= 11 is 1.87. The number of fused-ring (bicyclic) bond motifs is 18. The zero-order valence-corrected chi connectivity index (χ0v) is 42.7. The van der Waals surface area contributed by atoms with Gasteiger partial charge in [-0.05, 0) is 121 Å². The molecular weight excluding hydrogens is 949 g/mol. The Labute approximate surface area is 450 Å². The SMILES string of the molecule is c1ccc(C2(c3ccccc3)c3ccccc3-c3c(N(c4ccc(-c5ccc6sc7ccccc7c6c5)cc4)c4cccc5c4-c4ccccc4C54c5ccccc5-n5c6ccccc6c6cccc4c65)cccc32)cc1. The highest BCUT2D eigenvalue weighted by molar-refractivity contribution is 7.25. The Morgan fingerprint density at radius 3 is 1.55 bits per heavy atom. The predicted molar refractivity (Wildman–Crippen MR) is 322 cm³/mol. The van der Waals surface area contributed by atoms with Crippen LogP contribution in [0.15, 0.2) is 279 Å². The second-order valence-corrected chi connectivity index (χ2v) is 22.1. The normalized spacial score (nSPS) is 15.2. The van der Waals surface area contributed by atoms with E-state index in [9.17, 15) is 0 Å². The summed E-state index contributed by atoms with van der Waals surface area (Å²) in [5, 5.41) is 5.17. The maximum atomic E-state index is 2.60. The van der Waals surface area contributed by atoms with Gasteiger partial charge in [0.15, 0.2) is 0 Å². The summed E-state index contributed by atoms with van der Waals surface area (Å²) in [6.45, 7) is 0. The van der Waals surface area contributed by atoms with E-state index in [0.29, 0.717) is 0 Å². The van der Waals surface area contributed by atoms with Crippen molar-refractivity contribution < 1.29 is 0 Å². The van der Waals surface area contributed by atoms with Crippen molar-refractivity contribution in [2.45, 2.75) is 10.8 Å². The van der Waals surface area contributed by atoms with Gasteiger partial charge in [0.1, 0.15) is 0 Å². The van der Waals surface area contributed by atoms with Gasteiger partial charge in [-0.2, -0.15) is 0 Å². The number of para-hydroxylation sites is 3. The lowest BCUT2D eigenvalue weighted by molar-refractivity contribution is 0.748. The second-order valence-electron chi connectivity index (χ2n) is 21.0. The van der Waals surface area contributed by atoms with Crippen LogP contribution < -0.4 is 4.90 Å². The summed E-state index contributed by atoms with van der Waals surface area (Å²) in [6.07, 6.45) is 0. The van der Waals surface area contributed by atoms with E-state index in [1.165, 1.54) is 126 Å². The molecule has 17 rings (SSSR count). The molecule has 358 valence electrons. The number of nitrogens with zero attached hydrogens (tertiary/aromatic N) is 2. The minimum atomic E-state index is -0.608. The van der Waals surface area contributed by atoms with Gasteiger partial charge in [-0.3, -0.25) is 0 Å². The molecule has 0 N–H and O–H groups in total. The smallest absolute Gasteiger partial charge is 0.0755 e. The number of thiophene rings is 1. The molecule has 0 amide bonds. The van der Waals surface area contributed by atoms with Gasteiger partial charge in [-0.25, -0.2) is 0 Å². The molecule has 3 heteroatoms. The molecule has 1 spiro atoms. The van der Waals surface area contributed by atoms with E-state index in [2.05, 4.69) is 289 Å². The summed E-state index contributed by atoms with van der Waals surface area (Å²) in [4.78, 5) is 2.60. The van der Waals surface area contributed by atoms with Crippen molar-refractivity contribution in [3.63, 3.8) is 0 Å². The highest BCUT2D eigenvalue weighted by Gasteiger charge is 2.52. The van der Waals surface area contributed by atoms with Crippen LogP contribution in [0.3, 0.4) is 0 Å². The first-order chi connectivity index (χ1) is 38.2. The minimum absolute atomic E-state index is 0.567. The number of hydrogen-bond donors (Lipinski definition) is 0. The lowest BCUT2D eigenvalue weighted by atomic mass is 9.65. The van der Waals surface area contributed by atoms with Crippen molar-refractivity contribution >= 4 is 70.4 Å². The van der Waals surface area contributed by atoms with E-state index in [1.54, 1.807) is 0 Å². The third-order valence-electron chi connectivity index (χ3n) is 17.5. The molecule has 1 unspecified atom stereocenters. The Bertz CT molecular complexity index is 4710. The number of anilines is 3. The lowest BCUT2D eigenvalue weighted by Crippen LogP contribution is -2.33. The Balaban J connectivity index is 0.960. The fourth-order valence-corrected chi connectivity index (χ4v) is 15.6. The Morgan fingerprint density at radius 2 is 0.831 bits per heavy atom. The van der Waals surface area contributed by atoms with Crippen LogP contribution in [-0.2, 0) is 10.8 Å². The minimum Gasteiger partial charge on any atom is -0.309 e. The lowest BCUT2D eigenvalue weighted by Gasteiger charge is -2.39. The van der Waals surface area contributed by atoms with Crippen molar-refractivity contribution in [1.82, 2.24) is 4.57 Å². The highest BCUT2D eigenvalue weighted by atomic mass is 32.1. The molecule has 0 bridgehead atoms. The van der Waals surface area contributed by atoms with Gasteiger partial charge in [0.25, 0.3) is 0 Å². The summed E-state index contributed by atoms with van der Waals surface area (Å²) in [5.41, 5.74) is 23.6. The van der Waals surface area contributed by atoms with Gasteiger partial charge < -0.3 is 9.47 Å². The maximum absolute atomic E-state index is 2.60. The summed E-state index contributed by atoms with van der Waals surface area (Å²) < 4.78 is 5.17. The van der Waals surface area contributed by atoms with Gasteiger partial charge in [0, 0.05) is 47.8 Å². The monoisotopic (exact) mass is 994 g/mol. The molecule has 3 aliphatic rings. The number of hydrogen-bond acceptors (Lipinski definition) is 2. The molecule has 0 saturated carbocycles. The van der Waals surface area contributed by atoms with Crippen LogP contribution in [0.1, 0.15) is 44.5 Å². The fraction of sp³-hybridized carbons (Fsp3) is 0.0270. The highest BCUT2D eigenvalue weighted by Crippen LogP contribution is 2.65. The third kappa shape index (κ3) is 5.58. The molecule has 14 aromatic rings. The molecule has 77 heavy (non-hydrogen) atoms. The van der Waals surface area contributed by atoms with Gasteiger partial charge in [-0.1, -0.05) is 224 Å². The van der Waals surface area contributed by atoms with Gasteiger partial charge in [0.2, 0.25) is 0 Å². The summed E-state index contributed by atoms with van der Waals surface area (Å²) in [5.74, 6) is 0. The van der Waals surface area contributed by atoms with Crippen LogP contribution in [0.2, 0.25) is 0 Å². The van der Waals surface area contributed by atoms with E-state index < -0.39 is 10.8 Å². The van der Waals surface area contributed by atoms with Crippen LogP contribution in [0.25, 0.3) is 81.0 Å². The van der Waals surface area contributed by atoms with Crippen LogP contribution in [-0.4, -0.2) is 4.57 Å². The van der Waals surface area contributed by atoms with Gasteiger partial charge >= 0.3 is 0 Å². The van der Waals surface area contributed by atoms with Crippen LogP contribution >= 0.6 is 11.3 Å². The van der Waals surface area contributed by atoms with Gasteiger partial charge in [-0.15, -0.1) is 11.3 Å². The quantitative estimate of drug-likeness (QED) is 0.161. The molecule has 2 nitrogen and oxygen atoms in total. The Morgan fingerprint density at radius 1 is 0.325 bits per heavy atom. The number of benzene rings is 12. The molecule has 1 aliphatic heterocycles. The molecule has 1 atom stereocenters. The van der Waals surface area contributed by atoms with Gasteiger partial charge in [0.05, 0.1) is 38.9 Å². The summed E-state index contributed by atoms with van der Waals surface area (Å²) in [6, 6.07) is 105. The molecule has 0 fully saturated rings. The molecule has 3 heterocycles. The zero-order valence-electron chi connectivity index (χ0n) is 41.9. The first kappa shape index (κ1) is 42.8.